The molecule has 0 bridgehead atoms. The fourth-order valence-electron chi connectivity index (χ4n) is 2.08. The number of rotatable bonds is 7. The number of methoxy groups -OCH3 is 1. The SMILES string of the molecule is COCCCCOC1CCCC1CN. The van der Waals surface area contributed by atoms with E-state index in [0.717, 1.165) is 32.6 Å². The number of ether oxygens (including phenoxy) is 2. The number of hydrogen-bond acceptors (Lipinski definition) is 3. The summed E-state index contributed by atoms with van der Waals surface area (Å²) in [6.07, 6.45) is 6.36. The van der Waals surface area contributed by atoms with Gasteiger partial charge in [-0.25, -0.2) is 0 Å². The molecule has 1 aliphatic carbocycles. The van der Waals surface area contributed by atoms with Gasteiger partial charge in [-0.1, -0.05) is 6.42 Å². The second kappa shape index (κ2) is 7.21. The molecular formula is C11H23NO2. The monoisotopic (exact) mass is 201 g/mol. The lowest BCUT2D eigenvalue weighted by atomic mass is 10.1. The van der Waals surface area contributed by atoms with Crippen molar-refractivity contribution in [2.24, 2.45) is 11.7 Å². The highest BCUT2D eigenvalue weighted by molar-refractivity contribution is 4.78. The van der Waals surface area contributed by atoms with Crippen LogP contribution in [0.15, 0.2) is 0 Å². The first-order valence-electron chi connectivity index (χ1n) is 5.69. The van der Waals surface area contributed by atoms with E-state index in [1.807, 2.05) is 0 Å². The molecule has 2 atom stereocenters. The average molecular weight is 201 g/mol. The predicted molar refractivity (Wildman–Crippen MR) is 57.2 cm³/mol. The Balaban J connectivity index is 2.00. The minimum Gasteiger partial charge on any atom is -0.385 e. The van der Waals surface area contributed by atoms with Gasteiger partial charge < -0.3 is 15.2 Å². The van der Waals surface area contributed by atoms with Crippen LogP contribution in [0.4, 0.5) is 0 Å². The summed E-state index contributed by atoms with van der Waals surface area (Å²) in [6.45, 7) is 2.49. The molecule has 1 aliphatic rings. The van der Waals surface area contributed by atoms with Crippen LogP contribution in [0.2, 0.25) is 0 Å². The summed E-state index contributed by atoms with van der Waals surface area (Å²) in [6, 6.07) is 0. The third-order valence-corrected chi connectivity index (χ3v) is 2.97. The van der Waals surface area contributed by atoms with Crippen LogP contribution in [0.3, 0.4) is 0 Å². The maximum atomic E-state index is 5.82. The second-order valence-electron chi connectivity index (χ2n) is 4.04. The van der Waals surface area contributed by atoms with Crippen molar-refractivity contribution in [3.63, 3.8) is 0 Å². The van der Waals surface area contributed by atoms with Gasteiger partial charge in [0.2, 0.25) is 0 Å². The van der Waals surface area contributed by atoms with Crippen molar-refractivity contribution in [3.8, 4) is 0 Å². The summed E-state index contributed by atoms with van der Waals surface area (Å²) < 4.78 is 10.8. The van der Waals surface area contributed by atoms with Crippen LogP contribution in [-0.4, -0.2) is 33.0 Å². The highest BCUT2D eigenvalue weighted by Crippen LogP contribution is 2.27. The van der Waals surface area contributed by atoms with Crippen LogP contribution in [-0.2, 0) is 9.47 Å². The smallest absolute Gasteiger partial charge is 0.0615 e. The molecule has 3 nitrogen and oxygen atoms in total. The van der Waals surface area contributed by atoms with E-state index < -0.39 is 0 Å². The zero-order valence-corrected chi connectivity index (χ0v) is 9.21. The van der Waals surface area contributed by atoms with Crippen molar-refractivity contribution in [2.45, 2.75) is 38.2 Å². The lowest BCUT2D eigenvalue weighted by Crippen LogP contribution is -2.25. The van der Waals surface area contributed by atoms with Gasteiger partial charge in [-0.2, -0.15) is 0 Å². The standard InChI is InChI=1S/C11H23NO2/c1-13-7-2-3-8-14-11-6-4-5-10(11)9-12/h10-11H,2-9,12H2,1H3. The van der Waals surface area contributed by atoms with Crippen molar-refractivity contribution in [1.29, 1.82) is 0 Å². The highest BCUT2D eigenvalue weighted by Gasteiger charge is 2.26. The summed E-state index contributed by atoms with van der Waals surface area (Å²) >= 11 is 0. The second-order valence-corrected chi connectivity index (χ2v) is 4.04. The van der Waals surface area contributed by atoms with Crippen molar-refractivity contribution >= 4 is 0 Å². The van der Waals surface area contributed by atoms with Gasteiger partial charge in [0.15, 0.2) is 0 Å². The van der Waals surface area contributed by atoms with Crippen LogP contribution in [0, 0.1) is 5.92 Å². The van der Waals surface area contributed by atoms with Crippen LogP contribution in [0.25, 0.3) is 0 Å². The summed E-state index contributed by atoms with van der Waals surface area (Å²) in [5.41, 5.74) is 5.68. The Kier molecular flexibility index (Phi) is 6.15. The van der Waals surface area contributed by atoms with Crippen LogP contribution >= 0.6 is 0 Å². The largest absolute Gasteiger partial charge is 0.385 e. The minimum atomic E-state index is 0.433. The van der Waals surface area contributed by atoms with Crippen LogP contribution in [0.5, 0.6) is 0 Å². The van der Waals surface area contributed by atoms with E-state index in [1.54, 1.807) is 7.11 Å². The van der Waals surface area contributed by atoms with E-state index in [4.69, 9.17) is 15.2 Å². The Morgan fingerprint density at radius 2 is 2.00 bits per heavy atom. The normalized spacial score (nSPS) is 27.0. The first-order chi connectivity index (χ1) is 6.88. The van der Waals surface area contributed by atoms with E-state index in [0.29, 0.717) is 12.0 Å². The fraction of sp³-hybridized carbons (Fsp3) is 1.00. The quantitative estimate of drug-likeness (QED) is 0.636. The van der Waals surface area contributed by atoms with E-state index in [1.165, 1.54) is 19.3 Å². The van der Waals surface area contributed by atoms with Gasteiger partial charge in [-0.05, 0) is 38.1 Å². The van der Waals surface area contributed by atoms with E-state index >= 15 is 0 Å². The predicted octanol–water partition coefficient (Wildman–Crippen LogP) is 1.56. The summed E-state index contributed by atoms with van der Waals surface area (Å²) in [5.74, 6) is 0.609. The van der Waals surface area contributed by atoms with E-state index in [-0.39, 0.29) is 0 Å². The van der Waals surface area contributed by atoms with Gasteiger partial charge >= 0.3 is 0 Å². The molecule has 2 unspecified atom stereocenters. The van der Waals surface area contributed by atoms with Crippen molar-refractivity contribution < 1.29 is 9.47 Å². The van der Waals surface area contributed by atoms with Gasteiger partial charge in [-0.3, -0.25) is 0 Å². The Morgan fingerprint density at radius 3 is 2.71 bits per heavy atom. The zero-order chi connectivity index (χ0) is 10.2. The molecular weight excluding hydrogens is 178 g/mol. The molecule has 1 fully saturated rings. The van der Waals surface area contributed by atoms with Gasteiger partial charge in [0.1, 0.15) is 0 Å². The third-order valence-electron chi connectivity index (χ3n) is 2.97. The molecule has 0 saturated heterocycles. The van der Waals surface area contributed by atoms with E-state index in [2.05, 4.69) is 0 Å². The third kappa shape index (κ3) is 3.95. The molecule has 0 aromatic heterocycles. The Morgan fingerprint density at radius 1 is 1.21 bits per heavy atom. The lowest BCUT2D eigenvalue weighted by Gasteiger charge is -2.18. The first-order valence-corrected chi connectivity index (χ1v) is 5.69. The molecule has 0 radical (unpaired) electrons. The van der Waals surface area contributed by atoms with E-state index in [9.17, 15) is 0 Å². The molecule has 2 N–H and O–H groups in total. The maximum absolute atomic E-state index is 5.82. The molecule has 1 rings (SSSR count). The Bertz CT molecular complexity index is 141. The molecule has 0 amide bonds. The van der Waals surface area contributed by atoms with Gasteiger partial charge in [0.25, 0.3) is 0 Å². The van der Waals surface area contributed by atoms with Gasteiger partial charge in [0, 0.05) is 20.3 Å². The van der Waals surface area contributed by atoms with Crippen LogP contribution in [0.1, 0.15) is 32.1 Å². The minimum absolute atomic E-state index is 0.433. The van der Waals surface area contributed by atoms with Crippen molar-refractivity contribution in [1.82, 2.24) is 0 Å². The molecule has 0 aromatic rings. The molecule has 3 heteroatoms. The van der Waals surface area contributed by atoms with Gasteiger partial charge in [0.05, 0.1) is 6.10 Å². The fourth-order valence-corrected chi connectivity index (χ4v) is 2.08. The molecule has 14 heavy (non-hydrogen) atoms. The Hall–Kier alpha value is -0.120. The summed E-state index contributed by atoms with van der Waals surface area (Å²) in [7, 11) is 1.74. The number of nitrogens with two attached hydrogens (primary N) is 1. The summed E-state index contributed by atoms with van der Waals surface area (Å²) in [5, 5.41) is 0. The highest BCUT2D eigenvalue weighted by atomic mass is 16.5. The molecule has 1 saturated carbocycles. The molecule has 0 spiro atoms. The number of unbranched alkanes of at least 4 members (excludes halogenated alkanes) is 1. The van der Waals surface area contributed by atoms with Crippen molar-refractivity contribution in [3.05, 3.63) is 0 Å². The zero-order valence-electron chi connectivity index (χ0n) is 9.21. The molecule has 0 aliphatic heterocycles. The topological polar surface area (TPSA) is 44.5 Å². The summed E-state index contributed by atoms with van der Waals surface area (Å²) in [4.78, 5) is 0. The number of hydrogen-bond donors (Lipinski definition) is 1. The van der Waals surface area contributed by atoms with Crippen molar-refractivity contribution in [2.75, 3.05) is 26.9 Å². The first kappa shape index (κ1) is 12.0. The molecule has 0 heterocycles. The van der Waals surface area contributed by atoms with Crippen LogP contribution < -0.4 is 5.73 Å². The average Bonchev–Trinajstić information content (AvgIpc) is 2.65. The Labute approximate surface area is 86.9 Å². The lowest BCUT2D eigenvalue weighted by molar-refractivity contribution is 0.0255. The molecule has 84 valence electrons. The van der Waals surface area contributed by atoms with Gasteiger partial charge in [-0.15, -0.1) is 0 Å². The molecule has 0 aromatic carbocycles. The maximum Gasteiger partial charge on any atom is 0.0615 e.